The van der Waals surface area contributed by atoms with Crippen LogP contribution in [0.25, 0.3) is 5.69 Å². The molecule has 0 bridgehead atoms. The van der Waals surface area contributed by atoms with E-state index in [0.717, 1.165) is 0 Å². The fourth-order valence-electron chi connectivity index (χ4n) is 1.10. The number of carboxylic acids is 1. The maximum absolute atomic E-state index is 10.7. The van der Waals surface area contributed by atoms with Crippen LogP contribution in [0.3, 0.4) is 0 Å². The molecule has 5 nitrogen and oxygen atoms in total. The summed E-state index contributed by atoms with van der Waals surface area (Å²) < 4.78 is 1.69. The Labute approximate surface area is 79.7 Å². The third kappa shape index (κ3) is 1.47. The van der Waals surface area contributed by atoms with Crippen LogP contribution in [0.4, 0.5) is 0 Å². The summed E-state index contributed by atoms with van der Waals surface area (Å²) in [5.74, 6) is -0.987. The number of carboxylic acid groups (broad SMARTS) is 1. The molecule has 0 amide bonds. The van der Waals surface area contributed by atoms with Crippen LogP contribution >= 0.6 is 0 Å². The van der Waals surface area contributed by atoms with Gasteiger partial charge in [0.05, 0.1) is 23.8 Å². The van der Waals surface area contributed by atoms with E-state index >= 15 is 0 Å². The first-order chi connectivity index (χ1) is 6.77. The molecule has 0 aromatic carbocycles. The third-order valence-electron chi connectivity index (χ3n) is 1.77. The van der Waals surface area contributed by atoms with Crippen LogP contribution in [-0.4, -0.2) is 25.6 Å². The monoisotopic (exact) mass is 189 g/mol. The van der Waals surface area contributed by atoms with Gasteiger partial charge >= 0.3 is 5.97 Å². The second-order valence-electron chi connectivity index (χ2n) is 2.71. The third-order valence-corrected chi connectivity index (χ3v) is 1.77. The Morgan fingerprint density at radius 3 is 2.86 bits per heavy atom. The van der Waals surface area contributed by atoms with Gasteiger partial charge in [0.1, 0.15) is 0 Å². The van der Waals surface area contributed by atoms with E-state index in [-0.39, 0.29) is 5.56 Å². The molecule has 0 aliphatic carbocycles. The van der Waals surface area contributed by atoms with Crippen LogP contribution in [0.2, 0.25) is 0 Å². The number of aromatic nitrogens is 3. The number of carbonyl (C=O) groups is 1. The first-order valence-electron chi connectivity index (χ1n) is 3.94. The second kappa shape index (κ2) is 3.29. The highest BCUT2D eigenvalue weighted by atomic mass is 16.4. The molecule has 0 unspecified atom stereocenters. The Balaban J connectivity index is 2.46. The minimum atomic E-state index is -0.987. The summed E-state index contributed by atoms with van der Waals surface area (Å²) in [6.45, 7) is 0. The van der Waals surface area contributed by atoms with Crippen molar-refractivity contribution in [3.63, 3.8) is 0 Å². The summed E-state index contributed by atoms with van der Waals surface area (Å²) in [5.41, 5.74) is 0.846. The highest BCUT2D eigenvalue weighted by Crippen LogP contribution is 2.07. The first-order valence-corrected chi connectivity index (χ1v) is 3.94. The Morgan fingerprint density at radius 1 is 1.36 bits per heavy atom. The summed E-state index contributed by atoms with van der Waals surface area (Å²) in [5, 5.41) is 8.74. The molecule has 0 saturated carbocycles. The van der Waals surface area contributed by atoms with Crippen molar-refractivity contribution >= 4 is 5.97 Å². The minimum Gasteiger partial charge on any atom is -0.478 e. The molecule has 0 saturated heterocycles. The van der Waals surface area contributed by atoms with E-state index in [0.29, 0.717) is 5.69 Å². The quantitative estimate of drug-likeness (QED) is 0.764. The van der Waals surface area contributed by atoms with E-state index < -0.39 is 5.97 Å². The zero-order chi connectivity index (χ0) is 9.97. The van der Waals surface area contributed by atoms with Crippen molar-refractivity contribution in [1.29, 1.82) is 0 Å². The zero-order valence-corrected chi connectivity index (χ0v) is 7.16. The van der Waals surface area contributed by atoms with E-state index in [9.17, 15) is 4.79 Å². The van der Waals surface area contributed by atoms with E-state index in [1.807, 2.05) is 0 Å². The van der Waals surface area contributed by atoms with Crippen molar-refractivity contribution in [2.24, 2.45) is 0 Å². The van der Waals surface area contributed by atoms with Gasteiger partial charge in [-0.3, -0.25) is 4.98 Å². The van der Waals surface area contributed by atoms with Crippen LogP contribution in [0.5, 0.6) is 0 Å². The molecule has 14 heavy (non-hydrogen) atoms. The van der Waals surface area contributed by atoms with Gasteiger partial charge in [-0.15, -0.1) is 0 Å². The highest BCUT2D eigenvalue weighted by Gasteiger charge is 2.04. The molecule has 2 aromatic heterocycles. The summed E-state index contributed by atoms with van der Waals surface area (Å²) in [4.78, 5) is 18.4. The van der Waals surface area contributed by atoms with Crippen LogP contribution in [-0.2, 0) is 0 Å². The number of hydrogen-bond acceptors (Lipinski definition) is 3. The SMILES string of the molecule is O=C(O)c1cncc(-n2ccnc2)c1. The van der Waals surface area contributed by atoms with Gasteiger partial charge in [-0.25, -0.2) is 9.78 Å². The summed E-state index contributed by atoms with van der Waals surface area (Å²) >= 11 is 0. The Kier molecular flexibility index (Phi) is 1.98. The fourth-order valence-corrected chi connectivity index (χ4v) is 1.10. The maximum atomic E-state index is 10.7. The predicted octanol–water partition coefficient (Wildman–Crippen LogP) is 0.965. The number of imidazole rings is 1. The topological polar surface area (TPSA) is 68.0 Å². The zero-order valence-electron chi connectivity index (χ0n) is 7.16. The molecule has 0 radical (unpaired) electrons. The Hall–Kier alpha value is -2.17. The molecule has 2 heterocycles. The second-order valence-corrected chi connectivity index (χ2v) is 2.71. The van der Waals surface area contributed by atoms with Crippen molar-refractivity contribution in [3.05, 3.63) is 42.7 Å². The smallest absolute Gasteiger partial charge is 0.337 e. The maximum Gasteiger partial charge on any atom is 0.337 e. The van der Waals surface area contributed by atoms with Gasteiger partial charge in [-0.1, -0.05) is 0 Å². The number of aromatic carboxylic acids is 1. The Bertz CT molecular complexity index is 451. The van der Waals surface area contributed by atoms with E-state index in [4.69, 9.17) is 5.11 Å². The number of nitrogens with zero attached hydrogens (tertiary/aromatic N) is 3. The lowest BCUT2D eigenvalue weighted by atomic mass is 10.2. The lowest BCUT2D eigenvalue weighted by Gasteiger charge is -2.01. The van der Waals surface area contributed by atoms with Crippen LogP contribution in [0.1, 0.15) is 10.4 Å². The van der Waals surface area contributed by atoms with E-state index in [1.54, 1.807) is 29.5 Å². The van der Waals surface area contributed by atoms with Crippen LogP contribution in [0, 0.1) is 0 Å². The number of pyridine rings is 1. The van der Waals surface area contributed by atoms with Gasteiger partial charge < -0.3 is 9.67 Å². The molecule has 0 aliphatic rings. The minimum absolute atomic E-state index is 0.163. The summed E-state index contributed by atoms with van der Waals surface area (Å²) in [6, 6.07) is 1.54. The van der Waals surface area contributed by atoms with Crippen LogP contribution in [0.15, 0.2) is 37.2 Å². The largest absolute Gasteiger partial charge is 0.478 e. The molecular weight excluding hydrogens is 182 g/mol. The van der Waals surface area contributed by atoms with Gasteiger partial charge in [0, 0.05) is 18.6 Å². The van der Waals surface area contributed by atoms with E-state index in [2.05, 4.69) is 9.97 Å². The van der Waals surface area contributed by atoms with E-state index in [1.165, 1.54) is 12.3 Å². The van der Waals surface area contributed by atoms with Gasteiger partial charge in [0.25, 0.3) is 0 Å². The number of rotatable bonds is 2. The number of hydrogen-bond donors (Lipinski definition) is 1. The molecule has 2 aromatic rings. The molecule has 1 N–H and O–H groups in total. The molecule has 0 spiro atoms. The molecule has 0 atom stereocenters. The average Bonchev–Trinajstić information content (AvgIpc) is 2.71. The lowest BCUT2D eigenvalue weighted by Crippen LogP contribution is -1.99. The lowest BCUT2D eigenvalue weighted by molar-refractivity contribution is 0.0696. The Morgan fingerprint density at radius 2 is 2.21 bits per heavy atom. The summed E-state index contributed by atoms with van der Waals surface area (Å²) in [6.07, 6.45) is 7.82. The van der Waals surface area contributed by atoms with Crippen molar-refractivity contribution in [2.45, 2.75) is 0 Å². The van der Waals surface area contributed by atoms with Crippen molar-refractivity contribution in [2.75, 3.05) is 0 Å². The molecule has 5 heteroatoms. The molecule has 0 aliphatic heterocycles. The van der Waals surface area contributed by atoms with Gasteiger partial charge in [0.2, 0.25) is 0 Å². The van der Waals surface area contributed by atoms with Crippen LogP contribution < -0.4 is 0 Å². The fraction of sp³-hybridized carbons (Fsp3) is 0. The molecular formula is C9H7N3O2. The first kappa shape index (κ1) is 8.43. The van der Waals surface area contributed by atoms with Crippen molar-refractivity contribution < 1.29 is 9.90 Å². The average molecular weight is 189 g/mol. The normalized spacial score (nSPS) is 10.0. The van der Waals surface area contributed by atoms with Gasteiger partial charge in [0.15, 0.2) is 0 Å². The molecule has 70 valence electrons. The van der Waals surface area contributed by atoms with Crippen molar-refractivity contribution in [1.82, 2.24) is 14.5 Å². The summed E-state index contributed by atoms with van der Waals surface area (Å²) in [7, 11) is 0. The molecule has 0 fully saturated rings. The van der Waals surface area contributed by atoms with Crippen molar-refractivity contribution in [3.8, 4) is 5.69 Å². The highest BCUT2D eigenvalue weighted by molar-refractivity contribution is 5.87. The standard InChI is InChI=1S/C9H7N3O2/c13-9(14)7-3-8(5-11-4-7)12-2-1-10-6-12/h1-6H,(H,13,14). The van der Waals surface area contributed by atoms with Gasteiger partial charge in [-0.05, 0) is 6.07 Å². The van der Waals surface area contributed by atoms with Gasteiger partial charge in [-0.2, -0.15) is 0 Å². The molecule has 2 rings (SSSR count). The predicted molar refractivity (Wildman–Crippen MR) is 48.3 cm³/mol.